The van der Waals surface area contributed by atoms with Crippen LogP contribution in [0.2, 0.25) is 0 Å². The molecular weight excluding hydrogens is 309 g/mol. The van der Waals surface area contributed by atoms with Crippen molar-refractivity contribution in [3.05, 3.63) is 35.4 Å². The van der Waals surface area contributed by atoms with E-state index in [-0.39, 0.29) is 12.5 Å². The van der Waals surface area contributed by atoms with Crippen molar-refractivity contribution in [1.29, 1.82) is 0 Å². The lowest BCUT2D eigenvalue weighted by atomic mass is 9.95. The minimum absolute atomic E-state index is 0.0900. The van der Waals surface area contributed by atoms with Crippen molar-refractivity contribution in [2.45, 2.75) is 46.5 Å². The number of amides is 2. The fraction of sp³-hybridized carbons (Fsp3) is 0.500. The van der Waals surface area contributed by atoms with Crippen molar-refractivity contribution < 1.29 is 22.8 Å². The van der Waals surface area contributed by atoms with Gasteiger partial charge in [0.25, 0.3) is 0 Å². The minimum atomic E-state index is -4.38. The molecular formula is C16H21F3N2O2. The molecule has 0 bridgehead atoms. The van der Waals surface area contributed by atoms with Crippen LogP contribution in [0.1, 0.15) is 38.8 Å². The van der Waals surface area contributed by atoms with Gasteiger partial charge in [0.15, 0.2) is 0 Å². The molecule has 0 aromatic heterocycles. The van der Waals surface area contributed by atoms with Crippen LogP contribution in [0.3, 0.4) is 0 Å². The molecule has 1 aromatic carbocycles. The van der Waals surface area contributed by atoms with E-state index in [2.05, 4.69) is 10.6 Å². The summed E-state index contributed by atoms with van der Waals surface area (Å²) < 4.78 is 37.3. The van der Waals surface area contributed by atoms with E-state index < -0.39 is 29.1 Å². The predicted molar refractivity (Wildman–Crippen MR) is 80.4 cm³/mol. The highest BCUT2D eigenvalue weighted by Crippen LogP contribution is 2.29. The summed E-state index contributed by atoms with van der Waals surface area (Å²) in [6, 6.07) is 3.82. The predicted octanol–water partition coefficient (Wildman–Crippen LogP) is 2.87. The smallest absolute Gasteiger partial charge is 0.350 e. The summed E-state index contributed by atoms with van der Waals surface area (Å²) in [7, 11) is 0. The first-order valence-electron chi connectivity index (χ1n) is 7.16. The number of carbonyl (C=O) groups is 2. The molecule has 0 aliphatic rings. The zero-order valence-electron chi connectivity index (χ0n) is 13.5. The van der Waals surface area contributed by atoms with E-state index in [1.807, 2.05) is 0 Å². The first kappa shape index (κ1) is 19.0. The molecule has 128 valence electrons. The molecule has 23 heavy (non-hydrogen) atoms. The van der Waals surface area contributed by atoms with Crippen LogP contribution in [-0.4, -0.2) is 17.9 Å². The van der Waals surface area contributed by atoms with Gasteiger partial charge in [-0.1, -0.05) is 32.9 Å². The van der Waals surface area contributed by atoms with Gasteiger partial charge in [0.05, 0.1) is 5.56 Å². The lowest BCUT2D eigenvalue weighted by molar-refractivity contribution is -0.137. The van der Waals surface area contributed by atoms with E-state index in [0.717, 1.165) is 12.1 Å². The summed E-state index contributed by atoms with van der Waals surface area (Å²) >= 11 is 0. The second-order valence-electron chi connectivity index (χ2n) is 6.36. The maximum Gasteiger partial charge on any atom is 0.416 e. The largest absolute Gasteiger partial charge is 0.416 e. The van der Waals surface area contributed by atoms with Crippen LogP contribution >= 0.6 is 0 Å². The van der Waals surface area contributed by atoms with Gasteiger partial charge in [-0.3, -0.25) is 9.59 Å². The van der Waals surface area contributed by atoms with Crippen LogP contribution in [0.4, 0.5) is 13.2 Å². The molecule has 1 rings (SSSR count). The molecule has 0 aliphatic carbocycles. The summed E-state index contributed by atoms with van der Waals surface area (Å²) in [5.41, 5.74) is -0.804. The van der Waals surface area contributed by atoms with Crippen molar-refractivity contribution in [3.8, 4) is 0 Å². The van der Waals surface area contributed by atoms with E-state index >= 15 is 0 Å². The Morgan fingerprint density at radius 2 is 1.61 bits per heavy atom. The van der Waals surface area contributed by atoms with Crippen LogP contribution in [-0.2, 0) is 22.3 Å². The van der Waals surface area contributed by atoms with Crippen molar-refractivity contribution in [2.24, 2.45) is 5.41 Å². The standard InChI is InChI=1S/C16H21F3N2O2/c1-10(21-14(23)15(2,3)4)13(22)20-9-11-5-7-12(8-6-11)16(17,18)19/h5-8,10H,9H2,1-4H3,(H,20,22)(H,21,23). The van der Waals surface area contributed by atoms with Gasteiger partial charge in [-0.25, -0.2) is 0 Å². The van der Waals surface area contributed by atoms with E-state index in [9.17, 15) is 22.8 Å². The molecule has 1 atom stereocenters. The van der Waals surface area contributed by atoms with Crippen molar-refractivity contribution in [1.82, 2.24) is 10.6 Å². The van der Waals surface area contributed by atoms with Crippen LogP contribution in [0.25, 0.3) is 0 Å². The molecule has 0 aliphatic heterocycles. The second-order valence-corrected chi connectivity index (χ2v) is 6.36. The summed E-state index contributed by atoms with van der Waals surface area (Å²) in [6.07, 6.45) is -4.38. The Hall–Kier alpha value is -2.05. The minimum Gasteiger partial charge on any atom is -0.350 e. The molecule has 7 heteroatoms. The second kappa shape index (κ2) is 7.02. The SMILES string of the molecule is CC(NC(=O)C(C)(C)C)C(=O)NCc1ccc(C(F)(F)F)cc1. The maximum absolute atomic E-state index is 12.4. The number of nitrogens with one attached hydrogen (secondary N) is 2. The molecule has 0 fully saturated rings. The monoisotopic (exact) mass is 330 g/mol. The fourth-order valence-electron chi connectivity index (χ4n) is 1.63. The van der Waals surface area contributed by atoms with Crippen LogP contribution < -0.4 is 10.6 Å². The van der Waals surface area contributed by atoms with Crippen LogP contribution in [0, 0.1) is 5.41 Å². The topological polar surface area (TPSA) is 58.2 Å². The summed E-state index contributed by atoms with van der Waals surface area (Å²) in [6.45, 7) is 6.83. The number of alkyl halides is 3. The number of halogens is 3. The number of carbonyl (C=O) groups excluding carboxylic acids is 2. The molecule has 0 radical (unpaired) electrons. The van der Waals surface area contributed by atoms with Crippen molar-refractivity contribution in [3.63, 3.8) is 0 Å². The highest BCUT2D eigenvalue weighted by Gasteiger charge is 2.30. The van der Waals surface area contributed by atoms with Gasteiger partial charge in [0.1, 0.15) is 6.04 Å². The third-order valence-electron chi connectivity index (χ3n) is 3.17. The summed E-state index contributed by atoms with van der Waals surface area (Å²) in [5, 5.41) is 5.16. The number of hydrogen-bond acceptors (Lipinski definition) is 2. The highest BCUT2D eigenvalue weighted by atomic mass is 19.4. The molecule has 0 spiro atoms. The zero-order valence-corrected chi connectivity index (χ0v) is 13.5. The number of rotatable bonds is 4. The molecule has 0 saturated heterocycles. The van der Waals surface area contributed by atoms with Gasteiger partial charge in [-0.2, -0.15) is 13.2 Å². The normalized spacial score (nSPS) is 13.3. The molecule has 0 saturated carbocycles. The first-order chi connectivity index (χ1) is 10.4. The molecule has 4 nitrogen and oxygen atoms in total. The Balaban J connectivity index is 2.54. The van der Waals surface area contributed by atoms with Gasteiger partial charge in [-0.05, 0) is 24.6 Å². The van der Waals surface area contributed by atoms with Crippen molar-refractivity contribution >= 4 is 11.8 Å². The Kier molecular flexibility index (Phi) is 5.80. The fourth-order valence-corrected chi connectivity index (χ4v) is 1.63. The summed E-state index contributed by atoms with van der Waals surface area (Å²) in [4.78, 5) is 23.7. The molecule has 1 unspecified atom stereocenters. The van der Waals surface area contributed by atoms with Crippen LogP contribution in [0.15, 0.2) is 24.3 Å². The van der Waals surface area contributed by atoms with E-state index in [1.54, 1.807) is 27.7 Å². The Bertz CT molecular complexity index is 560. The van der Waals surface area contributed by atoms with E-state index in [0.29, 0.717) is 5.56 Å². The van der Waals surface area contributed by atoms with Gasteiger partial charge in [0.2, 0.25) is 11.8 Å². The lowest BCUT2D eigenvalue weighted by Crippen LogP contribution is -2.48. The zero-order chi connectivity index (χ0) is 17.8. The van der Waals surface area contributed by atoms with Gasteiger partial charge < -0.3 is 10.6 Å². The average molecular weight is 330 g/mol. The number of benzene rings is 1. The first-order valence-corrected chi connectivity index (χ1v) is 7.16. The third kappa shape index (κ3) is 5.92. The van der Waals surface area contributed by atoms with Gasteiger partial charge in [-0.15, -0.1) is 0 Å². The average Bonchev–Trinajstić information content (AvgIpc) is 2.43. The molecule has 2 N–H and O–H groups in total. The van der Waals surface area contributed by atoms with Gasteiger partial charge >= 0.3 is 6.18 Å². The quantitative estimate of drug-likeness (QED) is 0.892. The Morgan fingerprint density at radius 1 is 1.09 bits per heavy atom. The summed E-state index contributed by atoms with van der Waals surface area (Å²) in [5.74, 6) is -0.655. The van der Waals surface area contributed by atoms with E-state index in [1.165, 1.54) is 12.1 Å². The number of hydrogen-bond donors (Lipinski definition) is 2. The van der Waals surface area contributed by atoms with Gasteiger partial charge in [0, 0.05) is 12.0 Å². The van der Waals surface area contributed by atoms with Crippen molar-refractivity contribution in [2.75, 3.05) is 0 Å². The highest BCUT2D eigenvalue weighted by molar-refractivity contribution is 5.89. The Labute approximate surface area is 133 Å². The third-order valence-corrected chi connectivity index (χ3v) is 3.17. The Morgan fingerprint density at radius 3 is 2.04 bits per heavy atom. The maximum atomic E-state index is 12.4. The molecule has 1 aromatic rings. The lowest BCUT2D eigenvalue weighted by Gasteiger charge is -2.21. The van der Waals surface area contributed by atoms with Crippen LogP contribution in [0.5, 0.6) is 0 Å². The van der Waals surface area contributed by atoms with E-state index in [4.69, 9.17) is 0 Å². The molecule has 2 amide bonds. The molecule has 0 heterocycles.